The molecule has 0 amide bonds. The highest BCUT2D eigenvalue weighted by Gasteiger charge is 2.37. The summed E-state index contributed by atoms with van der Waals surface area (Å²) < 4.78 is 26.9. The lowest BCUT2D eigenvalue weighted by Gasteiger charge is -2.39. The summed E-state index contributed by atoms with van der Waals surface area (Å²) >= 11 is 0. The maximum Gasteiger partial charge on any atom is 0.243 e. The predicted molar refractivity (Wildman–Crippen MR) is 74.4 cm³/mol. The van der Waals surface area contributed by atoms with E-state index in [1.807, 2.05) is 6.92 Å². The Hall–Kier alpha value is -1.07. The molecule has 4 nitrogen and oxygen atoms in total. The fourth-order valence-electron chi connectivity index (χ4n) is 2.76. The fraction of sp³-hybridized carbons (Fsp3) is 0.571. The van der Waals surface area contributed by atoms with Gasteiger partial charge in [0.1, 0.15) is 5.75 Å². The van der Waals surface area contributed by atoms with Gasteiger partial charge in [-0.25, -0.2) is 8.42 Å². The lowest BCUT2D eigenvalue weighted by atomic mass is 9.88. The summed E-state index contributed by atoms with van der Waals surface area (Å²) in [6.45, 7) is 6.67. The number of hydrogen-bond donors (Lipinski definition) is 1. The number of nitrogens with zero attached hydrogens (tertiary/aromatic N) is 1. The summed E-state index contributed by atoms with van der Waals surface area (Å²) in [7, 11) is -3.53. The van der Waals surface area contributed by atoms with E-state index >= 15 is 0 Å². The van der Waals surface area contributed by atoms with Gasteiger partial charge < -0.3 is 5.11 Å². The minimum Gasteiger partial charge on any atom is -0.508 e. The van der Waals surface area contributed by atoms with E-state index in [1.54, 1.807) is 10.4 Å². The van der Waals surface area contributed by atoms with Crippen molar-refractivity contribution >= 4 is 10.0 Å². The SMILES string of the molecule is CC1CC(C)C(C)N(S(=O)(=O)c2cccc(O)c2)C1. The highest BCUT2D eigenvalue weighted by molar-refractivity contribution is 7.89. The lowest BCUT2D eigenvalue weighted by Crippen LogP contribution is -2.48. The Labute approximate surface area is 115 Å². The largest absolute Gasteiger partial charge is 0.508 e. The van der Waals surface area contributed by atoms with E-state index in [0.717, 1.165) is 6.42 Å². The Balaban J connectivity index is 2.38. The summed E-state index contributed by atoms with van der Waals surface area (Å²) in [4.78, 5) is 0.167. The molecule has 1 aliphatic heterocycles. The molecular formula is C14H21NO3S. The standard InChI is InChI=1S/C14H21NO3S/c1-10-7-11(2)12(3)15(9-10)19(17,18)14-6-4-5-13(16)8-14/h4-6,8,10-12,16H,7,9H2,1-3H3. The number of benzene rings is 1. The van der Waals surface area contributed by atoms with Crippen LogP contribution in [0.4, 0.5) is 0 Å². The Morgan fingerprint density at radius 2 is 1.95 bits per heavy atom. The first-order chi connectivity index (χ1) is 8.82. The van der Waals surface area contributed by atoms with E-state index in [9.17, 15) is 13.5 Å². The van der Waals surface area contributed by atoms with Gasteiger partial charge in [-0.05, 0) is 43.4 Å². The van der Waals surface area contributed by atoms with Gasteiger partial charge in [0.05, 0.1) is 4.90 Å². The molecule has 1 saturated heterocycles. The highest BCUT2D eigenvalue weighted by atomic mass is 32.2. The van der Waals surface area contributed by atoms with Crippen LogP contribution >= 0.6 is 0 Å². The minimum absolute atomic E-state index is 0.0106. The van der Waals surface area contributed by atoms with Crippen LogP contribution in [0.2, 0.25) is 0 Å². The Kier molecular flexibility index (Phi) is 3.87. The molecule has 5 heteroatoms. The van der Waals surface area contributed by atoms with Gasteiger partial charge in [0.15, 0.2) is 0 Å². The van der Waals surface area contributed by atoms with Gasteiger partial charge >= 0.3 is 0 Å². The van der Waals surface area contributed by atoms with E-state index in [0.29, 0.717) is 18.4 Å². The average molecular weight is 283 g/mol. The number of sulfonamides is 1. The molecule has 106 valence electrons. The zero-order valence-corrected chi connectivity index (χ0v) is 12.4. The van der Waals surface area contributed by atoms with Crippen molar-refractivity contribution in [3.8, 4) is 5.75 Å². The van der Waals surface area contributed by atoms with Crippen molar-refractivity contribution in [2.45, 2.75) is 38.1 Å². The number of piperidine rings is 1. The molecule has 1 aliphatic rings. The first-order valence-corrected chi connectivity index (χ1v) is 8.07. The predicted octanol–water partition coefficient (Wildman–Crippen LogP) is 2.45. The van der Waals surface area contributed by atoms with Gasteiger partial charge in [-0.2, -0.15) is 4.31 Å². The second-order valence-corrected chi connectivity index (χ2v) is 7.52. The zero-order chi connectivity index (χ0) is 14.2. The molecule has 19 heavy (non-hydrogen) atoms. The van der Waals surface area contributed by atoms with Crippen LogP contribution in [0.1, 0.15) is 27.2 Å². The number of rotatable bonds is 2. The zero-order valence-electron chi connectivity index (χ0n) is 11.6. The second-order valence-electron chi connectivity index (χ2n) is 5.63. The molecule has 3 unspecified atom stereocenters. The van der Waals surface area contributed by atoms with Crippen LogP contribution in [0, 0.1) is 11.8 Å². The minimum atomic E-state index is -3.53. The normalized spacial score (nSPS) is 29.3. The van der Waals surface area contributed by atoms with Gasteiger partial charge in [-0.3, -0.25) is 0 Å². The Bertz CT molecular complexity index is 556. The van der Waals surface area contributed by atoms with Gasteiger partial charge in [0.25, 0.3) is 0 Å². The molecule has 0 aliphatic carbocycles. The molecule has 1 aromatic rings. The van der Waals surface area contributed by atoms with Gasteiger partial charge in [-0.1, -0.05) is 19.9 Å². The van der Waals surface area contributed by atoms with E-state index in [4.69, 9.17) is 0 Å². The van der Waals surface area contributed by atoms with Crippen molar-refractivity contribution in [2.75, 3.05) is 6.54 Å². The van der Waals surface area contributed by atoms with Crippen LogP contribution < -0.4 is 0 Å². The Morgan fingerprint density at radius 1 is 1.26 bits per heavy atom. The van der Waals surface area contributed by atoms with Crippen molar-refractivity contribution in [1.29, 1.82) is 0 Å². The molecule has 2 rings (SSSR count). The number of phenolic OH excluding ortho intramolecular Hbond substituents is 1. The van der Waals surface area contributed by atoms with E-state index in [-0.39, 0.29) is 16.7 Å². The Morgan fingerprint density at radius 3 is 2.58 bits per heavy atom. The average Bonchev–Trinajstić information content (AvgIpc) is 2.33. The van der Waals surface area contributed by atoms with Gasteiger partial charge in [-0.15, -0.1) is 0 Å². The van der Waals surface area contributed by atoms with Crippen molar-refractivity contribution in [3.63, 3.8) is 0 Å². The molecule has 0 saturated carbocycles. The van der Waals surface area contributed by atoms with Crippen LogP contribution in [0.3, 0.4) is 0 Å². The van der Waals surface area contributed by atoms with Crippen LogP contribution in [-0.2, 0) is 10.0 Å². The van der Waals surface area contributed by atoms with Gasteiger partial charge in [0.2, 0.25) is 10.0 Å². The van der Waals surface area contributed by atoms with Crippen LogP contribution in [0.5, 0.6) is 5.75 Å². The van der Waals surface area contributed by atoms with Crippen molar-refractivity contribution in [2.24, 2.45) is 11.8 Å². The smallest absolute Gasteiger partial charge is 0.243 e. The number of aromatic hydroxyl groups is 1. The lowest BCUT2D eigenvalue weighted by molar-refractivity contribution is 0.157. The van der Waals surface area contributed by atoms with Crippen molar-refractivity contribution in [1.82, 2.24) is 4.31 Å². The maximum absolute atomic E-state index is 12.7. The molecule has 1 fully saturated rings. The summed E-state index contributed by atoms with van der Waals surface area (Å²) in [6, 6.07) is 5.87. The number of hydrogen-bond acceptors (Lipinski definition) is 3. The quantitative estimate of drug-likeness (QED) is 0.907. The van der Waals surface area contributed by atoms with Crippen molar-refractivity contribution in [3.05, 3.63) is 24.3 Å². The summed E-state index contributed by atoms with van der Waals surface area (Å²) in [5, 5.41) is 9.46. The summed E-state index contributed by atoms with van der Waals surface area (Å²) in [5.74, 6) is 0.681. The third kappa shape index (κ3) is 2.77. The molecule has 0 aromatic heterocycles. The molecule has 1 heterocycles. The molecule has 0 radical (unpaired) electrons. The van der Waals surface area contributed by atoms with Crippen LogP contribution in [0.15, 0.2) is 29.2 Å². The second kappa shape index (κ2) is 5.13. The first-order valence-electron chi connectivity index (χ1n) is 6.63. The molecule has 0 spiro atoms. The third-order valence-electron chi connectivity index (χ3n) is 3.97. The molecule has 3 atom stereocenters. The van der Waals surface area contributed by atoms with Gasteiger partial charge in [0, 0.05) is 12.6 Å². The topological polar surface area (TPSA) is 57.6 Å². The van der Waals surface area contributed by atoms with E-state index in [1.165, 1.54) is 18.2 Å². The molecule has 1 aromatic carbocycles. The maximum atomic E-state index is 12.7. The highest BCUT2D eigenvalue weighted by Crippen LogP contribution is 2.32. The third-order valence-corrected chi connectivity index (χ3v) is 5.92. The van der Waals surface area contributed by atoms with E-state index < -0.39 is 10.0 Å². The van der Waals surface area contributed by atoms with Crippen LogP contribution in [-0.4, -0.2) is 30.4 Å². The molecule has 1 N–H and O–H groups in total. The summed E-state index contributed by atoms with van der Waals surface area (Å²) in [6.07, 6.45) is 1.05. The first kappa shape index (κ1) is 14.3. The monoisotopic (exact) mass is 283 g/mol. The molecular weight excluding hydrogens is 262 g/mol. The fourth-order valence-corrected chi connectivity index (χ4v) is 4.65. The summed E-state index contributed by atoms with van der Waals surface area (Å²) in [5.41, 5.74) is 0. The molecule has 0 bridgehead atoms. The van der Waals surface area contributed by atoms with Crippen LogP contribution in [0.25, 0.3) is 0 Å². The van der Waals surface area contributed by atoms with E-state index in [2.05, 4.69) is 13.8 Å². The number of phenols is 1. The van der Waals surface area contributed by atoms with Crippen molar-refractivity contribution < 1.29 is 13.5 Å².